The third-order valence-electron chi connectivity index (χ3n) is 4.53. The zero-order valence-corrected chi connectivity index (χ0v) is 12.5. The Labute approximate surface area is 125 Å². The van der Waals surface area contributed by atoms with Crippen LogP contribution >= 0.6 is 11.6 Å². The molecule has 0 amide bonds. The van der Waals surface area contributed by atoms with Crippen molar-refractivity contribution in [3.05, 3.63) is 28.3 Å². The Morgan fingerprint density at radius 1 is 1.30 bits per heavy atom. The Balaban J connectivity index is 1.59. The van der Waals surface area contributed by atoms with E-state index in [1.165, 1.54) is 24.8 Å². The lowest BCUT2D eigenvalue weighted by molar-refractivity contribution is 0.0741. The van der Waals surface area contributed by atoms with Gasteiger partial charge in [0, 0.05) is 17.0 Å². The van der Waals surface area contributed by atoms with E-state index in [1.807, 2.05) is 12.1 Å². The molecule has 110 valence electrons. The largest absolute Gasteiger partial charge is 0.493 e. The van der Waals surface area contributed by atoms with E-state index < -0.39 is 0 Å². The van der Waals surface area contributed by atoms with E-state index in [1.54, 1.807) is 0 Å². The van der Waals surface area contributed by atoms with Gasteiger partial charge < -0.3 is 15.2 Å². The van der Waals surface area contributed by atoms with Gasteiger partial charge in [-0.2, -0.15) is 0 Å². The Morgan fingerprint density at radius 3 is 3.00 bits per heavy atom. The number of halogens is 1. The van der Waals surface area contributed by atoms with Gasteiger partial charge in [-0.15, -0.1) is 0 Å². The zero-order chi connectivity index (χ0) is 13.9. The fraction of sp³-hybridized carbons (Fsp3) is 0.625. The van der Waals surface area contributed by atoms with Crippen molar-refractivity contribution in [3.8, 4) is 5.75 Å². The minimum absolute atomic E-state index is 0.580. The summed E-state index contributed by atoms with van der Waals surface area (Å²) < 4.78 is 11.6. The molecule has 1 aliphatic heterocycles. The summed E-state index contributed by atoms with van der Waals surface area (Å²) in [5.41, 5.74) is 8.09. The van der Waals surface area contributed by atoms with Gasteiger partial charge in [-0.05, 0) is 48.9 Å². The van der Waals surface area contributed by atoms with Crippen LogP contribution in [0.25, 0.3) is 0 Å². The van der Waals surface area contributed by atoms with Gasteiger partial charge in [-0.3, -0.25) is 0 Å². The minimum atomic E-state index is 0.580. The smallest absolute Gasteiger partial charge is 0.128 e. The van der Waals surface area contributed by atoms with E-state index in [-0.39, 0.29) is 0 Å². The molecule has 1 heterocycles. The lowest BCUT2D eigenvalue weighted by Gasteiger charge is -2.18. The standard InChI is InChI=1S/C16H22ClNO2/c17-15-6-11-4-5-20-16(11)14(7-15)10-19-9-13-3-1-2-12(13)8-18/h6-7,12-13H,1-5,8-10,18H2. The van der Waals surface area contributed by atoms with Crippen molar-refractivity contribution in [1.82, 2.24) is 0 Å². The van der Waals surface area contributed by atoms with Gasteiger partial charge in [0.25, 0.3) is 0 Å². The quantitative estimate of drug-likeness (QED) is 0.907. The number of hydrogen-bond acceptors (Lipinski definition) is 3. The van der Waals surface area contributed by atoms with Gasteiger partial charge in [0.05, 0.1) is 19.8 Å². The van der Waals surface area contributed by atoms with E-state index in [0.29, 0.717) is 18.4 Å². The van der Waals surface area contributed by atoms with Gasteiger partial charge >= 0.3 is 0 Å². The van der Waals surface area contributed by atoms with Crippen molar-refractivity contribution in [2.75, 3.05) is 19.8 Å². The first kappa shape index (κ1) is 14.2. The van der Waals surface area contributed by atoms with Crippen LogP contribution in [0.3, 0.4) is 0 Å². The molecule has 0 saturated heterocycles. The summed E-state index contributed by atoms with van der Waals surface area (Å²) in [5.74, 6) is 2.24. The van der Waals surface area contributed by atoms with Crippen molar-refractivity contribution in [3.63, 3.8) is 0 Å². The highest BCUT2D eigenvalue weighted by Gasteiger charge is 2.26. The Bertz CT molecular complexity index is 478. The van der Waals surface area contributed by atoms with Crippen molar-refractivity contribution in [2.45, 2.75) is 32.3 Å². The maximum Gasteiger partial charge on any atom is 0.128 e. The molecule has 4 heteroatoms. The van der Waals surface area contributed by atoms with E-state index in [2.05, 4.69) is 0 Å². The highest BCUT2D eigenvalue weighted by Crippen LogP contribution is 2.34. The summed E-state index contributed by atoms with van der Waals surface area (Å²) in [6, 6.07) is 3.95. The fourth-order valence-corrected chi connectivity index (χ4v) is 3.68. The summed E-state index contributed by atoms with van der Waals surface area (Å²) in [7, 11) is 0. The SMILES string of the molecule is NCC1CCCC1COCc1cc(Cl)cc2c1OCC2. The maximum atomic E-state index is 6.15. The summed E-state index contributed by atoms with van der Waals surface area (Å²) in [5, 5.41) is 0.772. The molecule has 0 radical (unpaired) electrons. The van der Waals surface area contributed by atoms with Crippen LogP contribution < -0.4 is 10.5 Å². The van der Waals surface area contributed by atoms with E-state index >= 15 is 0 Å². The molecule has 2 aliphatic rings. The predicted octanol–water partition coefficient (Wildman–Crippen LogP) is 3.17. The first-order chi connectivity index (χ1) is 9.78. The first-order valence-electron chi connectivity index (χ1n) is 7.50. The van der Waals surface area contributed by atoms with Crippen LogP contribution in [0.5, 0.6) is 5.75 Å². The molecule has 1 aliphatic carbocycles. The third-order valence-corrected chi connectivity index (χ3v) is 4.75. The second kappa shape index (κ2) is 6.33. The highest BCUT2D eigenvalue weighted by atomic mass is 35.5. The lowest BCUT2D eigenvalue weighted by atomic mass is 9.97. The van der Waals surface area contributed by atoms with Crippen LogP contribution in [0.2, 0.25) is 5.02 Å². The third kappa shape index (κ3) is 2.95. The molecule has 0 spiro atoms. The van der Waals surface area contributed by atoms with Crippen LogP contribution in [-0.2, 0) is 17.8 Å². The molecule has 2 unspecified atom stereocenters. The predicted molar refractivity (Wildman–Crippen MR) is 80.2 cm³/mol. The fourth-order valence-electron chi connectivity index (χ4n) is 3.42. The van der Waals surface area contributed by atoms with Gasteiger partial charge in [0.1, 0.15) is 5.75 Å². The molecular weight excluding hydrogens is 274 g/mol. The van der Waals surface area contributed by atoms with E-state index in [4.69, 9.17) is 26.8 Å². The zero-order valence-electron chi connectivity index (χ0n) is 11.7. The number of hydrogen-bond donors (Lipinski definition) is 1. The van der Waals surface area contributed by atoms with Crippen molar-refractivity contribution in [1.29, 1.82) is 0 Å². The number of nitrogens with two attached hydrogens (primary N) is 1. The number of fused-ring (bicyclic) bond motifs is 1. The summed E-state index contributed by atoms with van der Waals surface area (Å²) in [6.45, 7) is 2.91. The molecule has 3 rings (SSSR count). The summed E-state index contributed by atoms with van der Waals surface area (Å²) >= 11 is 6.15. The second-order valence-corrected chi connectivity index (χ2v) is 6.29. The summed E-state index contributed by atoms with van der Waals surface area (Å²) in [6.07, 6.45) is 4.72. The molecule has 3 nitrogen and oxygen atoms in total. The van der Waals surface area contributed by atoms with Crippen molar-refractivity contribution < 1.29 is 9.47 Å². The molecule has 2 N–H and O–H groups in total. The van der Waals surface area contributed by atoms with Gasteiger partial charge in [-0.25, -0.2) is 0 Å². The number of ether oxygens (including phenoxy) is 2. The number of rotatable bonds is 5. The number of benzene rings is 1. The molecule has 1 fully saturated rings. The molecule has 2 atom stereocenters. The van der Waals surface area contributed by atoms with E-state index in [9.17, 15) is 0 Å². The molecule has 1 aromatic rings. The Kier molecular flexibility index (Phi) is 4.49. The van der Waals surface area contributed by atoms with Crippen molar-refractivity contribution >= 4 is 11.6 Å². The summed E-state index contributed by atoms with van der Waals surface area (Å²) in [4.78, 5) is 0. The minimum Gasteiger partial charge on any atom is -0.493 e. The lowest BCUT2D eigenvalue weighted by Crippen LogP contribution is -2.22. The first-order valence-corrected chi connectivity index (χ1v) is 7.87. The van der Waals surface area contributed by atoms with Crippen molar-refractivity contribution in [2.24, 2.45) is 17.6 Å². The van der Waals surface area contributed by atoms with Crippen LogP contribution in [-0.4, -0.2) is 19.8 Å². The van der Waals surface area contributed by atoms with Crippen LogP contribution in [0.1, 0.15) is 30.4 Å². The molecule has 20 heavy (non-hydrogen) atoms. The normalized spacial score (nSPS) is 24.7. The van der Waals surface area contributed by atoms with Crippen LogP contribution in [0.4, 0.5) is 0 Å². The van der Waals surface area contributed by atoms with Gasteiger partial charge in [-0.1, -0.05) is 18.0 Å². The van der Waals surface area contributed by atoms with Crippen LogP contribution in [0.15, 0.2) is 12.1 Å². The second-order valence-electron chi connectivity index (χ2n) is 5.85. The maximum absolute atomic E-state index is 6.15. The molecule has 0 bridgehead atoms. The van der Waals surface area contributed by atoms with Gasteiger partial charge in [0.2, 0.25) is 0 Å². The Hall–Kier alpha value is -0.770. The molecule has 1 aromatic carbocycles. The molecule has 1 saturated carbocycles. The monoisotopic (exact) mass is 295 g/mol. The topological polar surface area (TPSA) is 44.5 Å². The highest BCUT2D eigenvalue weighted by molar-refractivity contribution is 6.30. The van der Waals surface area contributed by atoms with Crippen LogP contribution in [0, 0.1) is 11.8 Å². The van der Waals surface area contributed by atoms with E-state index in [0.717, 1.165) is 42.5 Å². The average molecular weight is 296 g/mol. The average Bonchev–Trinajstić information content (AvgIpc) is 3.06. The Morgan fingerprint density at radius 2 is 2.15 bits per heavy atom. The molecular formula is C16H22ClNO2. The van der Waals surface area contributed by atoms with Gasteiger partial charge in [0.15, 0.2) is 0 Å². The molecule has 0 aromatic heterocycles.